The van der Waals surface area contributed by atoms with Crippen LogP contribution in [-0.2, 0) is 16.0 Å². The second kappa shape index (κ2) is 5.51. The molecule has 0 heterocycles. The molecule has 0 radical (unpaired) electrons. The number of rotatable bonds is 4. The van der Waals surface area contributed by atoms with Crippen molar-refractivity contribution in [1.82, 2.24) is 0 Å². The van der Waals surface area contributed by atoms with Crippen LogP contribution in [-0.4, -0.2) is 23.7 Å². The molecule has 1 rings (SSSR count). The zero-order chi connectivity index (χ0) is 12.1. The first-order valence-corrected chi connectivity index (χ1v) is 5.09. The van der Waals surface area contributed by atoms with E-state index in [1.807, 2.05) is 0 Å². The number of halogens is 1. The summed E-state index contributed by atoms with van der Waals surface area (Å²) in [5, 5.41) is 9.06. The Labute approximate surface area is 97.8 Å². The number of hydrogen-bond acceptors (Lipinski definition) is 3. The summed E-state index contributed by atoms with van der Waals surface area (Å²) < 4.78 is 4.81. The van der Waals surface area contributed by atoms with Crippen molar-refractivity contribution in [2.75, 3.05) is 6.61 Å². The lowest BCUT2D eigenvalue weighted by molar-refractivity contribution is -0.136. The highest BCUT2D eigenvalue weighted by atomic mass is 35.5. The quantitative estimate of drug-likeness (QED) is 0.822. The zero-order valence-corrected chi connectivity index (χ0v) is 9.45. The monoisotopic (exact) mass is 242 g/mol. The Morgan fingerprint density at radius 3 is 2.69 bits per heavy atom. The number of carboxylic acid groups (broad SMARTS) is 1. The lowest BCUT2D eigenvalue weighted by atomic mass is 10.0. The topological polar surface area (TPSA) is 63.6 Å². The van der Waals surface area contributed by atoms with E-state index in [1.165, 1.54) is 12.1 Å². The predicted molar refractivity (Wildman–Crippen MR) is 58.7 cm³/mol. The fraction of sp³-hybridized carbons (Fsp3) is 0.273. The van der Waals surface area contributed by atoms with Gasteiger partial charge in [-0.3, -0.25) is 4.79 Å². The smallest absolute Gasteiger partial charge is 0.338 e. The first kappa shape index (κ1) is 12.5. The van der Waals surface area contributed by atoms with Crippen LogP contribution in [0.3, 0.4) is 0 Å². The number of benzene rings is 1. The van der Waals surface area contributed by atoms with Crippen molar-refractivity contribution in [1.29, 1.82) is 0 Å². The number of ether oxygens (including phenoxy) is 1. The van der Waals surface area contributed by atoms with Crippen molar-refractivity contribution in [3.63, 3.8) is 0 Å². The van der Waals surface area contributed by atoms with Crippen LogP contribution in [0, 0.1) is 0 Å². The van der Waals surface area contributed by atoms with E-state index in [0.29, 0.717) is 10.6 Å². The van der Waals surface area contributed by atoms with Gasteiger partial charge >= 0.3 is 11.9 Å². The van der Waals surface area contributed by atoms with Gasteiger partial charge in [0.1, 0.15) is 0 Å². The Balaban J connectivity index is 3.07. The Bertz CT molecular complexity index is 414. The molecule has 4 nitrogen and oxygen atoms in total. The normalized spacial score (nSPS) is 9.88. The molecule has 0 atom stereocenters. The van der Waals surface area contributed by atoms with Gasteiger partial charge in [0.15, 0.2) is 0 Å². The highest BCUT2D eigenvalue weighted by molar-refractivity contribution is 6.31. The molecule has 0 aliphatic carbocycles. The molecular formula is C11H11ClO4. The van der Waals surface area contributed by atoms with Crippen molar-refractivity contribution in [3.05, 3.63) is 34.3 Å². The molecule has 0 fully saturated rings. The van der Waals surface area contributed by atoms with Crippen molar-refractivity contribution in [2.24, 2.45) is 0 Å². The summed E-state index contributed by atoms with van der Waals surface area (Å²) in [4.78, 5) is 22.1. The lowest BCUT2D eigenvalue weighted by Crippen LogP contribution is -2.11. The number of carbonyl (C=O) groups is 2. The molecule has 0 aliphatic heterocycles. The van der Waals surface area contributed by atoms with Gasteiger partial charge < -0.3 is 9.84 Å². The van der Waals surface area contributed by atoms with E-state index in [4.69, 9.17) is 21.4 Å². The molecule has 0 saturated carbocycles. The highest BCUT2D eigenvalue weighted by Gasteiger charge is 2.15. The molecule has 0 aromatic heterocycles. The third-order valence-electron chi connectivity index (χ3n) is 1.91. The van der Waals surface area contributed by atoms with Crippen LogP contribution in [0.25, 0.3) is 0 Å². The van der Waals surface area contributed by atoms with Gasteiger partial charge in [0.25, 0.3) is 0 Å². The van der Waals surface area contributed by atoms with E-state index in [0.717, 1.165) is 0 Å². The number of esters is 1. The molecule has 1 aromatic carbocycles. The average molecular weight is 243 g/mol. The van der Waals surface area contributed by atoms with Crippen LogP contribution < -0.4 is 0 Å². The molecule has 0 bridgehead atoms. The number of hydrogen-bond donors (Lipinski definition) is 1. The average Bonchev–Trinajstić information content (AvgIpc) is 2.20. The molecule has 16 heavy (non-hydrogen) atoms. The van der Waals surface area contributed by atoms with Gasteiger partial charge in [0, 0.05) is 5.02 Å². The van der Waals surface area contributed by atoms with Gasteiger partial charge in [-0.15, -0.1) is 0 Å². The summed E-state index contributed by atoms with van der Waals surface area (Å²) in [5.41, 5.74) is 0.604. The van der Waals surface area contributed by atoms with Gasteiger partial charge in [0.2, 0.25) is 0 Å². The Morgan fingerprint density at radius 1 is 1.44 bits per heavy atom. The van der Waals surface area contributed by atoms with E-state index in [-0.39, 0.29) is 18.6 Å². The van der Waals surface area contributed by atoms with Gasteiger partial charge in [-0.2, -0.15) is 0 Å². The molecule has 1 N–H and O–H groups in total. The first-order chi connectivity index (χ1) is 7.54. The molecule has 0 saturated heterocycles. The van der Waals surface area contributed by atoms with Gasteiger partial charge in [-0.25, -0.2) is 4.79 Å². The van der Waals surface area contributed by atoms with Crippen molar-refractivity contribution in [3.8, 4) is 0 Å². The van der Waals surface area contributed by atoms with E-state index in [2.05, 4.69) is 0 Å². The SMILES string of the molecule is CCOC(=O)c1cc(Cl)ccc1CC(=O)O. The van der Waals surface area contributed by atoms with Crippen LogP contribution in [0.2, 0.25) is 5.02 Å². The van der Waals surface area contributed by atoms with Crippen LogP contribution >= 0.6 is 11.6 Å². The van der Waals surface area contributed by atoms with E-state index < -0.39 is 11.9 Å². The largest absolute Gasteiger partial charge is 0.481 e. The minimum Gasteiger partial charge on any atom is -0.481 e. The third-order valence-corrected chi connectivity index (χ3v) is 2.14. The summed E-state index contributed by atoms with van der Waals surface area (Å²) in [5.74, 6) is -1.56. The fourth-order valence-corrected chi connectivity index (χ4v) is 1.44. The molecule has 0 aliphatic rings. The minimum atomic E-state index is -1.01. The molecule has 0 unspecified atom stereocenters. The van der Waals surface area contributed by atoms with E-state index in [1.54, 1.807) is 13.0 Å². The van der Waals surface area contributed by atoms with Gasteiger partial charge in [-0.05, 0) is 24.6 Å². The maximum atomic E-state index is 11.5. The molecule has 86 valence electrons. The maximum absolute atomic E-state index is 11.5. The first-order valence-electron chi connectivity index (χ1n) is 4.72. The maximum Gasteiger partial charge on any atom is 0.338 e. The molecule has 1 aromatic rings. The molecular weight excluding hydrogens is 232 g/mol. The fourth-order valence-electron chi connectivity index (χ4n) is 1.26. The summed E-state index contributed by atoms with van der Waals surface area (Å²) in [6.07, 6.45) is -0.231. The standard InChI is InChI=1S/C11H11ClO4/c1-2-16-11(15)9-6-8(12)4-3-7(9)5-10(13)14/h3-4,6H,2,5H2,1H3,(H,13,14). The minimum absolute atomic E-state index is 0.205. The van der Waals surface area contributed by atoms with Crippen LogP contribution in [0.15, 0.2) is 18.2 Å². The van der Waals surface area contributed by atoms with Crippen molar-refractivity contribution in [2.45, 2.75) is 13.3 Å². The number of aliphatic carboxylic acids is 1. The van der Waals surface area contributed by atoms with Gasteiger partial charge in [-0.1, -0.05) is 17.7 Å². The second-order valence-electron chi connectivity index (χ2n) is 3.09. The van der Waals surface area contributed by atoms with Crippen molar-refractivity contribution < 1.29 is 19.4 Å². The lowest BCUT2D eigenvalue weighted by Gasteiger charge is -2.07. The Morgan fingerprint density at radius 2 is 2.12 bits per heavy atom. The highest BCUT2D eigenvalue weighted by Crippen LogP contribution is 2.17. The van der Waals surface area contributed by atoms with Crippen molar-refractivity contribution >= 4 is 23.5 Å². The zero-order valence-electron chi connectivity index (χ0n) is 8.70. The predicted octanol–water partition coefficient (Wildman–Crippen LogP) is 2.14. The Hall–Kier alpha value is -1.55. The molecule has 5 heteroatoms. The third kappa shape index (κ3) is 3.24. The number of carbonyl (C=O) groups excluding carboxylic acids is 1. The summed E-state index contributed by atoms with van der Waals surface area (Å²) in [6.45, 7) is 1.91. The second-order valence-corrected chi connectivity index (χ2v) is 3.53. The van der Waals surface area contributed by atoms with Crippen LogP contribution in [0.4, 0.5) is 0 Å². The Kier molecular flexibility index (Phi) is 4.31. The van der Waals surface area contributed by atoms with E-state index >= 15 is 0 Å². The van der Waals surface area contributed by atoms with Crippen LogP contribution in [0.5, 0.6) is 0 Å². The van der Waals surface area contributed by atoms with Crippen LogP contribution in [0.1, 0.15) is 22.8 Å². The summed E-state index contributed by atoms with van der Waals surface area (Å²) >= 11 is 5.74. The summed E-state index contributed by atoms with van der Waals surface area (Å²) in [6, 6.07) is 4.48. The van der Waals surface area contributed by atoms with E-state index in [9.17, 15) is 9.59 Å². The summed E-state index contributed by atoms with van der Waals surface area (Å²) in [7, 11) is 0. The van der Waals surface area contributed by atoms with Gasteiger partial charge in [0.05, 0.1) is 18.6 Å². The molecule has 0 spiro atoms. The number of carboxylic acids is 1. The molecule has 0 amide bonds.